The van der Waals surface area contributed by atoms with E-state index in [9.17, 15) is 13.2 Å². The highest BCUT2D eigenvalue weighted by molar-refractivity contribution is 7.90. The highest BCUT2D eigenvalue weighted by Crippen LogP contribution is 2.19. The summed E-state index contributed by atoms with van der Waals surface area (Å²) in [6.07, 6.45) is 1.20. The fourth-order valence-corrected chi connectivity index (χ4v) is 3.81. The predicted molar refractivity (Wildman–Crippen MR) is 98.9 cm³/mol. The number of sulfone groups is 1. The Hall–Kier alpha value is -3.00. The van der Waals surface area contributed by atoms with Gasteiger partial charge >= 0.3 is 5.97 Å². The normalized spacial score (nSPS) is 11.4. The van der Waals surface area contributed by atoms with E-state index in [1.807, 2.05) is 30.3 Å². The van der Waals surface area contributed by atoms with Gasteiger partial charge in [-0.05, 0) is 42.7 Å². The molecule has 0 unspecified atom stereocenters. The summed E-state index contributed by atoms with van der Waals surface area (Å²) in [5.74, 6) is -1.14. The molecule has 3 aromatic rings. The van der Waals surface area contributed by atoms with Gasteiger partial charge in [0, 0.05) is 5.56 Å². The minimum Gasteiger partial charge on any atom is -0.478 e. The molecular formula is C19H18N2O5S. The molecule has 27 heavy (non-hydrogen) atoms. The molecule has 0 bridgehead atoms. The lowest BCUT2D eigenvalue weighted by molar-refractivity contribution is 0.0697. The predicted octanol–water partition coefficient (Wildman–Crippen LogP) is 2.98. The van der Waals surface area contributed by atoms with E-state index in [4.69, 9.17) is 9.52 Å². The highest BCUT2D eigenvalue weighted by atomic mass is 32.2. The second-order valence-corrected chi connectivity index (χ2v) is 8.25. The second-order valence-electron chi connectivity index (χ2n) is 6.06. The maximum atomic E-state index is 12.3. The molecule has 0 aliphatic carbocycles. The first-order valence-electron chi connectivity index (χ1n) is 8.33. The molecule has 3 rings (SSSR count). The van der Waals surface area contributed by atoms with Gasteiger partial charge in [0.25, 0.3) is 0 Å². The van der Waals surface area contributed by atoms with Gasteiger partial charge in [-0.25, -0.2) is 13.2 Å². The number of nitrogens with zero attached hydrogens (tertiary/aromatic N) is 2. The van der Waals surface area contributed by atoms with Crippen LogP contribution >= 0.6 is 0 Å². The summed E-state index contributed by atoms with van der Waals surface area (Å²) in [6.45, 7) is 0. The van der Waals surface area contributed by atoms with Crippen molar-refractivity contribution in [1.29, 1.82) is 0 Å². The first-order chi connectivity index (χ1) is 12.9. The van der Waals surface area contributed by atoms with Gasteiger partial charge in [-0.1, -0.05) is 30.3 Å². The molecule has 0 radical (unpaired) electrons. The molecular weight excluding hydrogens is 368 g/mol. The number of aryl methyl sites for hydroxylation is 1. The van der Waals surface area contributed by atoms with Gasteiger partial charge in [-0.15, -0.1) is 10.2 Å². The highest BCUT2D eigenvalue weighted by Gasteiger charge is 2.18. The number of benzene rings is 2. The lowest BCUT2D eigenvalue weighted by Crippen LogP contribution is -2.10. The molecule has 7 nitrogen and oxygen atoms in total. The standard InChI is InChI=1S/C19H18N2O5S/c22-19(23)16-10-8-15(9-11-16)18-21-20-17(26-18)13-27(24,25)12-4-7-14-5-2-1-3-6-14/h1-3,5-6,8-11H,4,7,12-13H2,(H,22,23). The smallest absolute Gasteiger partial charge is 0.335 e. The third kappa shape index (κ3) is 5.24. The van der Waals surface area contributed by atoms with Gasteiger partial charge in [0.05, 0.1) is 11.3 Å². The van der Waals surface area contributed by atoms with Crippen LogP contribution in [0.3, 0.4) is 0 Å². The number of aromatic nitrogens is 2. The summed E-state index contributed by atoms with van der Waals surface area (Å²) in [5.41, 5.74) is 1.76. The Balaban J connectivity index is 1.59. The zero-order valence-electron chi connectivity index (χ0n) is 14.4. The van der Waals surface area contributed by atoms with Crippen molar-refractivity contribution in [1.82, 2.24) is 10.2 Å². The van der Waals surface area contributed by atoms with Crippen molar-refractivity contribution in [2.24, 2.45) is 0 Å². The zero-order chi connectivity index (χ0) is 19.3. The van der Waals surface area contributed by atoms with Crippen LogP contribution in [0.4, 0.5) is 0 Å². The van der Waals surface area contributed by atoms with Crippen molar-refractivity contribution >= 4 is 15.8 Å². The molecule has 0 spiro atoms. The summed E-state index contributed by atoms with van der Waals surface area (Å²) >= 11 is 0. The Kier molecular flexibility index (Phi) is 5.66. The van der Waals surface area contributed by atoms with Crippen molar-refractivity contribution in [3.05, 3.63) is 71.6 Å². The minimum atomic E-state index is -3.37. The zero-order valence-corrected chi connectivity index (χ0v) is 15.2. The van der Waals surface area contributed by atoms with E-state index in [1.165, 1.54) is 24.3 Å². The molecule has 1 heterocycles. The number of aromatic carboxylic acids is 1. The quantitative estimate of drug-likeness (QED) is 0.633. The van der Waals surface area contributed by atoms with Crippen molar-refractivity contribution in [3.63, 3.8) is 0 Å². The van der Waals surface area contributed by atoms with E-state index in [-0.39, 0.29) is 28.9 Å². The van der Waals surface area contributed by atoms with E-state index in [0.717, 1.165) is 5.56 Å². The molecule has 0 aliphatic rings. The van der Waals surface area contributed by atoms with Crippen molar-refractivity contribution in [2.45, 2.75) is 18.6 Å². The third-order valence-electron chi connectivity index (χ3n) is 3.95. The van der Waals surface area contributed by atoms with E-state index in [1.54, 1.807) is 0 Å². The number of carbonyl (C=O) groups is 1. The molecule has 140 valence electrons. The Morgan fingerprint density at radius 3 is 2.37 bits per heavy atom. The molecule has 0 saturated heterocycles. The van der Waals surface area contributed by atoms with Crippen molar-refractivity contribution < 1.29 is 22.7 Å². The van der Waals surface area contributed by atoms with Crippen molar-refractivity contribution in [3.8, 4) is 11.5 Å². The van der Waals surface area contributed by atoms with E-state index in [0.29, 0.717) is 18.4 Å². The fraction of sp³-hybridized carbons (Fsp3) is 0.211. The van der Waals surface area contributed by atoms with Crippen LogP contribution in [0.15, 0.2) is 59.0 Å². The Morgan fingerprint density at radius 2 is 1.70 bits per heavy atom. The topological polar surface area (TPSA) is 110 Å². The SMILES string of the molecule is O=C(O)c1ccc(-c2nnc(CS(=O)(=O)CCCc3ccccc3)o2)cc1. The molecule has 0 fully saturated rings. The van der Waals surface area contributed by atoms with Gasteiger partial charge < -0.3 is 9.52 Å². The average molecular weight is 386 g/mol. The summed E-state index contributed by atoms with van der Waals surface area (Å²) in [6, 6.07) is 15.6. The molecule has 0 aliphatic heterocycles. The maximum absolute atomic E-state index is 12.3. The molecule has 2 aromatic carbocycles. The largest absolute Gasteiger partial charge is 0.478 e. The van der Waals surface area contributed by atoms with Crippen LogP contribution in [0.2, 0.25) is 0 Å². The Bertz CT molecular complexity index is 1010. The monoisotopic (exact) mass is 386 g/mol. The maximum Gasteiger partial charge on any atom is 0.335 e. The van der Waals surface area contributed by atoms with E-state index < -0.39 is 15.8 Å². The van der Waals surface area contributed by atoms with Gasteiger partial charge in [0.15, 0.2) is 9.84 Å². The van der Waals surface area contributed by atoms with Crippen LogP contribution in [0.1, 0.15) is 28.2 Å². The van der Waals surface area contributed by atoms with Crippen LogP contribution in [0, 0.1) is 0 Å². The van der Waals surface area contributed by atoms with Crippen LogP contribution in [0.5, 0.6) is 0 Å². The lowest BCUT2D eigenvalue weighted by Gasteiger charge is -2.02. The summed E-state index contributed by atoms with van der Waals surface area (Å²) in [4.78, 5) is 10.9. The van der Waals surface area contributed by atoms with E-state index in [2.05, 4.69) is 10.2 Å². The number of hydrogen-bond donors (Lipinski definition) is 1. The number of carboxylic acid groups (broad SMARTS) is 1. The van der Waals surface area contributed by atoms with Gasteiger partial charge in [-0.2, -0.15) is 0 Å². The van der Waals surface area contributed by atoms with Crippen LogP contribution in [-0.2, 0) is 22.0 Å². The minimum absolute atomic E-state index is 0.0204. The van der Waals surface area contributed by atoms with Crippen LogP contribution in [-0.4, -0.2) is 35.4 Å². The second kappa shape index (κ2) is 8.13. The summed E-state index contributed by atoms with van der Waals surface area (Å²) in [5, 5.41) is 16.5. The van der Waals surface area contributed by atoms with Gasteiger partial charge in [0.1, 0.15) is 5.75 Å². The lowest BCUT2D eigenvalue weighted by atomic mass is 10.1. The van der Waals surface area contributed by atoms with E-state index >= 15 is 0 Å². The Labute approximate surface area is 156 Å². The van der Waals surface area contributed by atoms with Gasteiger partial charge in [-0.3, -0.25) is 0 Å². The fourth-order valence-electron chi connectivity index (χ4n) is 2.59. The molecule has 1 aromatic heterocycles. The van der Waals surface area contributed by atoms with Crippen LogP contribution < -0.4 is 0 Å². The molecule has 1 N–H and O–H groups in total. The molecule has 8 heteroatoms. The number of carboxylic acids is 1. The summed E-state index contributed by atoms with van der Waals surface area (Å²) < 4.78 is 29.9. The summed E-state index contributed by atoms with van der Waals surface area (Å²) in [7, 11) is -3.37. The first-order valence-corrected chi connectivity index (χ1v) is 10.2. The third-order valence-corrected chi connectivity index (χ3v) is 5.55. The number of hydrogen-bond acceptors (Lipinski definition) is 6. The molecule has 0 atom stereocenters. The van der Waals surface area contributed by atoms with Gasteiger partial charge in [0.2, 0.25) is 11.8 Å². The van der Waals surface area contributed by atoms with Crippen LogP contribution in [0.25, 0.3) is 11.5 Å². The van der Waals surface area contributed by atoms with Crippen molar-refractivity contribution in [2.75, 3.05) is 5.75 Å². The Morgan fingerprint density at radius 1 is 1.00 bits per heavy atom. The first kappa shape index (κ1) is 18.8. The molecule has 0 amide bonds. The molecule has 0 saturated carbocycles. The average Bonchev–Trinajstić information content (AvgIpc) is 3.10. The number of rotatable bonds is 8.